The molecule has 9 heteroatoms. The number of hydrogen-bond acceptors (Lipinski definition) is 3. The lowest BCUT2D eigenvalue weighted by atomic mass is 10.3. The fourth-order valence-corrected chi connectivity index (χ4v) is 4.07. The van der Waals surface area contributed by atoms with Crippen LogP contribution < -0.4 is 10.6 Å². The minimum atomic E-state index is -0.329. The first-order chi connectivity index (χ1) is 13.9. The van der Waals surface area contributed by atoms with Crippen molar-refractivity contribution in [2.24, 2.45) is 0 Å². The maximum atomic E-state index is 13.0. The van der Waals surface area contributed by atoms with Crippen molar-refractivity contribution in [2.75, 3.05) is 43.4 Å². The number of carbonyl (C=O) groups is 1. The second-order valence-electron chi connectivity index (χ2n) is 6.73. The van der Waals surface area contributed by atoms with E-state index in [0.717, 1.165) is 29.7 Å². The van der Waals surface area contributed by atoms with Gasteiger partial charge in [-0.1, -0.05) is 27.5 Å². The van der Waals surface area contributed by atoms with Crippen molar-refractivity contribution in [1.29, 1.82) is 0 Å². The lowest BCUT2D eigenvalue weighted by molar-refractivity contribution is -0.117. The molecule has 1 heterocycles. The molecule has 29 heavy (non-hydrogen) atoms. The van der Waals surface area contributed by atoms with E-state index in [2.05, 4.69) is 36.4 Å². The summed E-state index contributed by atoms with van der Waals surface area (Å²) >= 11 is 15.2. The maximum absolute atomic E-state index is 13.0. The lowest BCUT2D eigenvalue weighted by Gasteiger charge is -2.25. The number of hydrogen-bond donors (Lipinski definition) is 2. The molecule has 1 aliphatic heterocycles. The molecule has 0 saturated carbocycles. The molecular weight excluding hydrogens is 479 g/mol. The first kappa shape index (κ1) is 22.0. The van der Waals surface area contributed by atoms with Gasteiger partial charge in [0, 0.05) is 36.3 Å². The van der Waals surface area contributed by atoms with Gasteiger partial charge < -0.3 is 15.5 Å². The van der Waals surface area contributed by atoms with Crippen LogP contribution in [0.1, 0.15) is 6.42 Å². The molecule has 0 atom stereocenters. The van der Waals surface area contributed by atoms with Gasteiger partial charge in [-0.3, -0.25) is 9.69 Å². The van der Waals surface area contributed by atoms with E-state index in [1.807, 2.05) is 18.2 Å². The second kappa shape index (κ2) is 10.3. The van der Waals surface area contributed by atoms with Crippen molar-refractivity contribution in [3.63, 3.8) is 0 Å². The summed E-state index contributed by atoms with van der Waals surface area (Å²) in [6, 6.07) is 11.3. The highest BCUT2D eigenvalue weighted by Crippen LogP contribution is 2.26. The molecule has 2 aromatic rings. The van der Waals surface area contributed by atoms with Gasteiger partial charge in [-0.2, -0.15) is 0 Å². The van der Waals surface area contributed by atoms with Crippen LogP contribution in [0.15, 0.2) is 46.9 Å². The number of amides is 1. The molecule has 0 radical (unpaired) electrons. The normalized spacial score (nSPS) is 14.9. The van der Waals surface area contributed by atoms with Crippen LogP contribution in [0.5, 0.6) is 0 Å². The van der Waals surface area contributed by atoms with Crippen LogP contribution in [0, 0.1) is 5.82 Å². The standard InChI is InChI=1S/C20H21BrClFN4OS/c21-14-2-7-18(17(22)12-14)25-20(29)27-9-1-8-26(10-11-27)13-19(28)24-16-5-3-15(23)4-6-16/h2-7,12H,1,8-11,13H2,(H,24,28)(H,25,29). The number of anilines is 2. The van der Waals surface area contributed by atoms with E-state index in [0.29, 0.717) is 28.9 Å². The summed E-state index contributed by atoms with van der Waals surface area (Å²) in [7, 11) is 0. The highest BCUT2D eigenvalue weighted by molar-refractivity contribution is 9.10. The van der Waals surface area contributed by atoms with Crippen molar-refractivity contribution < 1.29 is 9.18 Å². The van der Waals surface area contributed by atoms with Gasteiger partial charge in [-0.05, 0) is 61.1 Å². The zero-order valence-corrected chi connectivity index (χ0v) is 18.8. The average molecular weight is 500 g/mol. The summed E-state index contributed by atoms with van der Waals surface area (Å²) in [5.74, 6) is -0.447. The minimum absolute atomic E-state index is 0.118. The lowest BCUT2D eigenvalue weighted by Crippen LogP contribution is -2.39. The van der Waals surface area contributed by atoms with Gasteiger partial charge in [0.25, 0.3) is 0 Å². The van der Waals surface area contributed by atoms with Crippen LogP contribution in [0.4, 0.5) is 15.8 Å². The van der Waals surface area contributed by atoms with Gasteiger partial charge in [0.1, 0.15) is 5.82 Å². The first-order valence-corrected chi connectivity index (χ1v) is 10.8. The Bertz CT molecular complexity index is 883. The quantitative estimate of drug-likeness (QED) is 0.603. The van der Waals surface area contributed by atoms with Gasteiger partial charge in [-0.25, -0.2) is 4.39 Å². The molecule has 0 spiro atoms. The van der Waals surface area contributed by atoms with E-state index in [4.69, 9.17) is 23.8 Å². The Morgan fingerprint density at radius 1 is 1.10 bits per heavy atom. The predicted molar refractivity (Wildman–Crippen MR) is 123 cm³/mol. The number of thiocarbonyl (C=S) groups is 1. The molecule has 0 aliphatic carbocycles. The zero-order valence-electron chi connectivity index (χ0n) is 15.6. The predicted octanol–water partition coefficient (Wildman–Crippen LogP) is 4.58. The topological polar surface area (TPSA) is 47.6 Å². The molecule has 2 aromatic carbocycles. The molecule has 1 amide bonds. The maximum Gasteiger partial charge on any atom is 0.238 e. The molecule has 2 N–H and O–H groups in total. The van der Waals surface area contributed by atoms with Crippen LogP contribution in [0.3, 0.4) is 0 Å². The summed E-state index contributed by atoms with van der Waals surface area (Å²) in [5.41, 5.74) is 1.35. The van der Waals surface area contributed by atoms with Crippen LogP contribution >= 0.6 is 39.7 Å². The largest absolute Gasteiger partial charge is 0.348 e. The van der Waals surface area contributed by atoms with Crippen molar-refractivity contribution in [3.05, 3.63) is 57.8 Å². The molecule has 1 saturated heterocycles. The number of carbonyl (C=O) groups excluding carboxylic acids is 1. The number of rotatable bonds is 4. The molecule has 0 bridgehead atoms. The van der Waals surface area contributed by atoms with Gasteiger partial charge >= 0.3 is 0 Å². The number of nitrogens with zero attached hydrogens (tertiary/aromatic N) is 2. The average Bonchev–Trinajstić information content (AvgIpc) is 2.91. The molecule has 154 valence electrons. The molecule has 1 aliphatic rings. The Labute approximate surface area is 188 Å². The Morgan fingerprint density at radius 3 is 2.59 bits per heavy atom. The summed E-state index contributed by atoms with van der Waals surface area (Å²) < 4.78 is 13.9. The SMILES string of the molecule is O=C(CN1CCCN(C(=S)Nc2ccc(Br)cc2Cl)CC1)Nc1ccc(F)cc1. The van der Waals surface area contributed by atoms with Crippen molar-refractivity contribution in [1.82, 2.24) is 9.80 Å². The van der Waals surface area contributed by atoms with E-state index in [-0.39, 0.29) is 18.3 Å². The number of nitrogens with one attached hydrogen (secondary N) is 2. The van der Waals surface area contributed by atoms with E-state index in [9.17, 15) is 9.18 Å². The molecule has 5 nitrogen and oxygen atoms in total. The van der Waals surface area contributed by atoms with Crippen LogP contribution in [0.25, 0.3) is 0 Å². The van der Waals surface area contributed by atoms with E-state index < -0.39 is 0 Å². The van der Waals surface area contributed by atoms with Crippen LogP contribution in [-0.4, -0.2) is 53.5 Å². The third kappa shape index (κ3) is 6.64. The highest BCUT2D eigenvalue weighted by atomic mass is 79.9. The Balaban J connectivity index is 1.49. The van der Waals surface area contributed by atoms with Crippen LogP contribution in [0.2, 0.25) is 5.02 Å². The summed E-state index contributed by atoms with van der Waals surface area (Å²) in [6.45, 7) is 3.31. The third-order valence-electron chi connectivity index (χ3n) is 4.54. The first-order valence-electron chi connectivity index (χ1n) is 9.19. The second-order valence-corrected chi connectivity index (χ2v) is 8.44. The van der Waals surface area contributed by atoms with E-state index >= 15 is 0 Å². The molecular formula is C20H21BrClFN4OS. The number of benzene rings is 2. The van der Waals surface area contributed by atoms with E-state index in [1.165, 1.54) is 12.1 Å². The van der Waals surface area contributed by atoms with Gasteiger partial charge in [0.15, 0.2) is 5.11 Å². The van der Waals surface area contributed by atoms with Gasteiger partial charge in [0.05, 0.1) is 17.3 Å². The number of halogens is 3. The third-order valence-corrected chi connectivity index (χ3v) is 5.71. The summed E-state index contributed by atoms with van der Waals surface area (Å²) in [6.07, 6.45) is 0.889. The van der Waals surface area contributed by atoms with Gasteiger partial charge in [-0.15, -0.1) is 0 Å². The molecule has 1 fully saturated rings. The Kier molecular flexibility index (Phi) is 7.83. The summed E-state index contributed by atoms with van der Waals surface area (Å²) in [4.78, 5) is 16.5. The Hall–Kier alpha value is -1.74. The fraction of sp³-hybridized carbons (Fsp3) is 0.300. The van der Waals surface area contributed by atoms with Crippen molar-refractivity contribution >= 4 is 62.1 Å². The monoisotopic (exact) mass is 498 g/mol. The van der Waals surface area contributed by atoms with Crippen molar-refractivity contribution in [2.45, 2.75) is 6.42 Å². The summed E-state index contributed by atoms with van der Waals surface area (Å²) in [5, 5.41) is 7.21. The van der Waals surface area contributed by atoms with E-state index in [1.54, 1.807) is 12.1 Å². The Morgan fingerprint density at radius 2 is 1.86 bits per heavy atom. The smallest absolute Gasteiger partial charge is 0.238 e. The van der Waals surface area contributed by atoms with Crippen molar-refractivity contribution in [3.8, 4) is 0 Å². The molecule has 0 aromatic heterocycles. The molecule has 3 rings (SSSR count). The van der Waals surface area contributed by atoms with Gasteiger partial charge in [0.2, 0.25) is 5.91 Å². The van der Waals surface area contributed by atoms with Crippen LogP contribution in [-0.2, 0) is 4.79 Å². The highest BCUT2D eigenvalue weighted by Gasteiger charge is 2.19. The minimum Gasteiger partial charge on any atom is -0.348 e. The zero-order chi connectivity index (χ0) is 20.8. The molecule has 0 unspecified atom stereocenters. The fourth-order valence-electron chi connectivity index (χ4n) is 3.05.